The Morgan fingerprint density at radius 2 is 2.00 bits per heavy atom. The number of amidine groups is 1. The lowest BCUT2D eigenvalue weighted by atomic mass is 10.2. The van der Waals surface area contributed by atoms with Crippen LogP contribution >= 0.6 is 11.8 Å². The van der Waals surface area contributed by atoms with Gasteiger partial charge in [-0.15, -0.1) is 0 Å². The zero-order valence-electron chi connectivity index (χ0n) is 14.0. The number of furan rings is 1. The van der Waals surface area contributed by atoms with E-state index >= 15 is 0 Å². The van der Waals surface area contributed by atoms with Crippen LogP contribution in [0.5, 0.6) is 0 Å². The molecule has 0 saturated carbocycles. The van der Waals surface area contributed by atoms with E-state index in [0.717, 1.165) is 30.2 Å². The molecule has 2 aliphatic heterocycles. The van der Waals surface area contributed by atoms with Crippen LogP contribution in [-0.4, -0.2) is 24.2 Å². The molecule has 0 aliphatic carbocycles. The first kappa shape index (κ1) is 16.0. The lowest BCUT2D eigenvalue weighted by Crippen LogP contribution is -2.19. The van der Waals surface area contributed by atoms with Gasteiger partial charge in [-0.3, -0.25) is 4.79 Å². The van der Waals surface area contributed by atoms with Crippen LogP contribution in [0.2, 0.25) is 0 Å². The molecule has 0 spiro atoms. The van der Waals surface area contributed by atoms with Gasteiger partial charge in [-0.05, 0) is 49.2 Å². The van der Waals surface area contributed by atoms with E-state index in [1.54, 1.807) is 6.08 Å². The fraction of sp³-hybridized carbons (Fsp3) is 0.263. The Morgan fingerprint density at radius 3 is 2.80 bits per heavy atom. The lowest BCUT2D eigenvalue weighted by Gasteiger charge is -2.12. The van der Waals surface area contributed by atoms with Gasteiger partial charge in [0.1, 0.15) is 5.76 Å². The number of aryl methyl sites for hydroxylation is 1. The predicted octanol–water partition coefficient (Wildman–Crippen LogP) is 4.08. The summed E-state index contributed by atoms with van der Waals surface area (Å²) in [6.07, 6.45) is 4.18. The number of benzene rings is 1. The number of carbonyl (C=O) groups excluding carboxylic acids is 1. The summed E-state index contributed by atoms with van der Waals surface area (Å²) in [7, 11) is 0. The zero-order chi connectivity index (χ0) is 17.2. The Morgan fingerprint density at radius 1 is 1.20 bits per heavy atom. The third-order valence-corrected chi connectivity index (χ3v) is 5.20. The summed E-state index contributed by atoms with van der Waals surface area (Å²) < 4.78 is 5.87. The van der Waals surface area contributed by atoms with Crippen molar-refractivity contribution in [3.63, 3.8) is 0 Å². The summed E-state index contributed by atoms with van der Waals surface area (Å²) in [4.78, 5) is 19.6. The third kappa shape index (κ3) is 3.49. The van der Waals surface area contributed by atoms with Crippen molar-refractivity contribution in [3.8, 4) is 0 Å². The van der Waals surface area contributed by atoms with E-state index in [-0.39, 0.29) is 5.91 Å². The van der Waals surface area contributed by atoms with Crippen LogP contribution in [0.15, 0.2) is 50.7 Å². The molecule has 1 aromatic carbocycles. The fourth-order valence-electron chi connectivity index (χ4n) is 2.94. The highest BCUT2D eigenvalue weighted by molar-refractivity contribution is 8.18. The summed E-state index contributed by atoms with van der Waals surface area (Å²) >= 11 is 1.34. The molecular weight excluding hydrogens is 334 g/mol. The largest absolute Gasteiger partial charge is 0.441 e. The maximum atomic E-state index is 12.2. The van der Waals surface area contributed by atoms with E-state index in [0.29, 0.717) is 15.8 Å². The van der Waals surface area contributed by atoms with Crippen LogP contribution in [0.3, 0.4) is 0 Å². The second-order valence-electron chi connectivity index (χ2n) is 6.14. The van der Waals surface area contributed by atoms with Crippen molar-refractivity contribution in [2.24, 2.45) is 4.99 Å². The van der Waals surface area contributed by atoms with Crippen molar-refractivity contribution in [2.75, 3.05) is 18.0 Å². The minimum Gasteiger partial charge on any atom is -0.441 e. The first-order chi connectivity index (χ1) is 12.2. The minimum absolute atomic E-state index is 0.142. The molecule has 0 bridgehead atoms. The second-order valence-corrected chi connectivity index (χ2v) is 7.17. The Bertz CT molecular complexity index is 863. The van der Waals surface area contributed by atoms with Gasteiger partial charge in [-0.25, -0.2) is 4.99 Å². The topological polar surface area (TPSA) is 57.8 Å². The van der Waals surface area contributed by atoms with E-state index in [1.165, 1.54) is 24.6 Å². The average molecular weight is 353 g/mol. The number of nitrogens with one attached hydrogen (secondary N) is 1. The summed E-state index contributed by atoms with van der Waals surface area (Å²) in [5, 5.41) is 3.41. The monoisotopic (exact) mass is 353 g/mol. The van der Waals surface area contributed by atoms with E-state index in [2.05, 4.69) is 15.2 Å². The van der Waals surface area contributed by atoms with Crippen molar-refractivity contribution in [3.05, 3.63) is 52.6 Å². The lowest BCUT2D eigenvalue weighted by molar-refractivity contribution is -0.115. The molecule has 25 heavy (non-hydrogen) atoms. The molecule has 4 rings (SSSR count). The van der Waals surface area contributed by atoms with Crippen LogP contribution in [0.25, 0.3) is 6.08 Å². The van der Waals surface area contributed by atoms with Crippen LogP contribution in [0.1, 0.15) is 24.2 Å². The summed E-state index contributed by atoms with van der Waals surface area (Å²) in [6.45, 7) is 4.07. The quantitative estimate of drug-likeness (QED) is 0.845. The molecule has 0 radical (unpaired) electrons. The first-order valence-corrected chi connectivity index (χ1v) is 9.21. The van der Waals surface area contributed by atoms with Crippen LogP contribution in [0.4, 0.5) is 11.6 Å². The number of anilines is 1. The molecule has 0 atom stereocenters. The smallest absolute Gasteiger partial charge is 0.264 e. The third-order valence-electron chi connectivity index (χ3n) is 4.29. The Balaban J connectivity index is 1.52. The van der Waals surface area contributed by atoms with Crippen molar-refractivity contribution < 1.29 is 9.21 Å². The SMILES string of the molecule is Cc1ccccc1N=C1NC(=O)/C(=C/c2ccc(N3CCCC3)o2)S1. The first-order valence-electron chi connectivity index (χ1n) is 8.39. The van der Waals surface area contributed by atoms with Gasteiger partial charge >= 0.3 is 0 Å². The van der Waals surface area contributed by atoms with E-state index in [4.69, 9.17) is 4.42 Å². The standard InChI is InChI=1S/C19H19N3O2S/c1-13-6-2-3-7-15(13)20-19-21-18(23)16(25-19)12-14-8-9-17(24-14)22-10-4-5-11-22/h2-3,6-9,12H,4-5,10-11H2,1H3,(H,20,21,23)/b16-12-. The molecule has 128 valence electrons. The van der Waals surface area contributed by atoms with Gasteiger partial charge in [0, 0.05) is 25.2 Å². The maximum Gasteiger partial charge on any atom is 0.264 e. The molecule has 0 unspecified atom stereocenters. The maximum absolute atomic E-state index is 12.2. The van der Waals surface area contributed by atoms with Crippen LogP contribution in [-0.2, 0) is 4.79 Å². The van der Waals surface area contributed by atoms with E-state index < -0.39 is 0 Å². The molecule has 1 amide bonds. The van der Waals surface area contributed by atoms with Crippen LogP contribution < -0.4 is 10.2 Å². The zero-order valence-corrected chi connectivity index (χ0v) is 14.8. The van der Waals surface area contributed by atoms with Crippen molar-refractivity contribution in [1.29, 1.82) is 0 Å². The Kier molecular flexibility index (Phi) is 4.36. The normalized spacial score (nSPS) is 20.7. The van der Waals surface area contributed by atoms with Crippen molar-refractivity contribution in [2.45, 2.75) is 19.8 Å². The Hall–Kier alpha value is -2.47. The van der Waals surface area contributed by atoms with Crippen molar-refractivity contribution in [1.82, 2.24) is 5.32 Å². The number of rotatable bonds is 3. The second kappa shape index (κ2) is 6.80. The van der Waals surface area contributed by atoms with Gasteiger partial charge in [-0.2, -0.15) is 0 Å². The van der Waals surface area contributed by atoms with Gasteiger partial charge < -0.3 is 14.6 Å². The highest BCUT2D eigenvalue weighted by Gasteiger charge is 2.25. The molecule has 2 fully saturated rings. The molecule has 2 saturated heterocycles. The number of para-hydroxylation sites is 1. The number of aliphatic imine (C=N–C) groups is 1. The van der Waals surface area contributed by atoms with Gasteiger partial charge in [0.05, 0.1) is 10.6 Å². The molecular formula is C19H19N3O2S. The summed E-state index contributed by atoms with van der Waals surface area (Å²) in [5.41, 5.74) is 1.93. The molecule has 2 aromatic rings. The molecule has 1 aromatic heterocycles. The highest BCUT2D eigenvalue weighted by Crippen LogP contribution is 2.30. The molecule has 6 heteroatoms. The van der Waals surface area contributed by atoms with E-state index in [9.17, 15) is 4.79 Å². The molecule has 2 aliphatic rings. The number of nitrogens with zero attached hydrogens (tertiary/aromatic N) is 2. The average Bonchev–Trinajstić information content (AvgIpc) is 3.32. The predicted molar refractivity (Wildman–Crippen MR) is 102 cm³/mol. The molecule has 3 heterocycles. The minimum atomic E-state index is -0.142. The van der Waals surface area contributed by atoms with E-state index in [1.807, 2.05) is 43.3 Å². The number of hydrogen-bond donors (Lipinski definition) is 1. The van der Waals surface area contributed by atoms with Crippen LogP contribution in [0, 0.1) is 6.92 Å². The summed E-state index contributed by atoms with van der Waals surface area (Å²) in [6, 6.07) is 11.7. The van der Waals surface area contributed by atoms with Gasteiger partial charge in [0.2, 0.25) is 0 Å². The fourth-order valence-corrected chi connectivity index (χ4v) is 3.75. The highest BCUT2D eigenvalue weighted by atomic mass is 32.2. The van der Waals surface area contributed by atoms with Gasteiger partial charge in [0.15, 0.2) is 11.1 Å². The van der Waals surface area contributed by atoms with Crippen molar-refractivity contribution >= 4 is 40.5 Å². The number of amides is 1. The number of thioether (sulfide) groups is 1. The molecule has 5 nitrogen and oxygen atoms in total. The number of carbonyl (C=O) groups is 1. The Labute approximate surface area is 150 Å². The molecule has 1 N–H and O–H groups in total. The number of hydrogen-bond acceptors (Lipinski definition) is 5. The summed E-state index contributed by atoms with van der Waals surface area (Å²) in [5.74, 6) is 1.43. The van der Waals surface area contributed by atoms with Gasteiger partial charge in [-0.1, -0.05) is 18.2 Å². The van der Waals surface area contributed by atoms with Gasteiger partial charge in [0.25, 0.3) is 5.91 Å².